The molecule has 0 saturated heterocycles. The van der Waals surface area contributed by atoms with Crippen LogP contribution in [0.15, 0.2) is 30.3 Å². The Morgan fingerprint density at radius 2 is 1.90 bits per heavy atom. The van der Waals surface area contributed by atoms with Crippen LogP contribution in [0, 0.1) is 0 Å². The summed E-state index contributed by atoms with van der Waals surface area (Å²) in [6, 6.07) is 8.03. The number of amides is 1. The minimum Gasteiger partial charge on any atom is -0.480 e. The molecule has 1 aromatic carbocycles. The first-order valence-corrected chi connectivity index (χ1v) is 6.68. The van der Waals surface area contributed by atoms with Crippen LogP contribution in [0.25, 0.3) is 0 Å². The second-order valence-electron chi connectivity index (χ2n) is 4.69. The zero-order valence-corrected chi connectivity index (χ0v) is 11.9. The summed E-state index contributed by atoms with van der Waals surface area (Å²) in [5.41, 5.74) is 0.816. The van der Waals surface area contributed by atoms with Gasteiger partial charge in [-0.15, -0.1) is 0 Å². The van der Waals surface area contributed by atoms with Crippen LogP contribution in [0.5, 0.6) is 0 Å². The first-order chi connectivity index (χ1) is 9.99. The van der Waals surface area contributed by atoms with Gasteiger partial charge in [0.05, 0.1) is 0 Å². The van der Waals surface area contributed by atoms with E-state index in [1.165, 1.54) is 6.92 Å². The van der Waals surface area contributed by atoms with Gasteiger partial charge in [-0.1, -0.05) is 30.3 Å². The predicted octanol–water partition coefficient (Wildman–Crippen LogP) is 2.13. The monoisotopic (exact) mass is 293 g/mol. The summed E-state index contributed by atoms with van der Waals surface area (Å²) in [5, 5.41) is 11.3. The van der Waals surface area contributed by atoms with Crippen molar-refractivity contribution in [3.05, 3.63) is 35.9 Å². The van der Waals surface area contributed by atoms with Crippen molar-refractivity contribution >= 4 is 17.8 Å². The van der Waals surface area contributed by atoms with Crippen LogP contribution in [0.1, 0.15) is 31.7 Å². The summed E-state index contributed by atoms with van der Waals surface area (Å²) in [7, 11) is 0. The number of carboxylic acid groups (broad SMARTS) is 1. The van der Waals surface area contributed by atoms with Crippen molar-refractivity contribution in [1.82, 2.24) is 5.32 Å². The number of hydrogen-bond acceptors (Lipinski definition) is 4. The molecule has 6 heteroatoms. The van der Waals surface area contributed by atoms with Gasteiger partial charge >= 0.3 is 12.1 Å². The van der Waals surface area contributed by atoms with Gasteiger partial charge in [-0.25, -0.2) is 9.59 Å². The highest BCUT2D eigenvalue weighted by molar-refractivity contribution is 5.80. The number of hydrogen-bond donors (Lipinski definition) is 2. The maximum absolute atomic E-state index is 11.6. The van der Waals surface area contributed by atoms with Gasteiger partial charge < -0.3 is 20.0 Å². The van der Waals surface area contributed by atoms with E-state index in [2.05, 4.69) is 5.32 Å². The molecule has 0 fully saturated rings. The molecule has 0 radical (unpaired) electrons. The fraction of sp³-hybridized carbons (Fsp3) is 0.400. The summed E-state index contributed by atoms with van der Waals surface area (Å²) < 4.78 is 4.96. The minimum absolute atomic E-state index is 0.00853. The van der Waals surface area contributed by atoms with Crippen molar-refractivity contribution < 1.29 is 24.2 Å². The lowest BCUT2D eigenvalue weighted by atomic mass is 10.1. The Labute approximate surface area is 123 Å². The number of Topliss-reactive ketones (excluding diaryl/α,β-unsaturated/α-hetero) is 1. The SMILES string of the molecule is CC(=O)CCCC(NC(=O)OCc1ccccc1)C(=O)O. The molecule has 1 atom stereocenters. The number of carboxylic acids is 1. The Kier molecular flexibility index (Phi) is 6.94. The molecule has 0 heterocycles. The summed E-state index contributed by atoms with van der Waals surface area (Å²) in [5.74, 6) is -1.15. The fourth-order valence-electron chi connectivity index (χ4n) is 1.72. The van der Waals surface area contributed by atoms with Crippen molar-refractivity contribution in [3.8, 4) is 0 Å². The molecule has 1 amide bonds. The highest BCUT2D eigenvalue weighted by atomic mass is 16.5. The van der Waals surface area contributed by atoms with E-state index in [0.29, 0.717) is 12.8 Å². The first kappa shape index (κ1) is 16.7. The number of benzene rings is 1. The molecule has 0 aliphatic heterocycles. The van der Waals surface area contributed by atoms with Crippen LogP contribution in [-0.2, 0) is 20.9 Å². The molecule has 21 heavy (non-hydrogen) atoms. The average Bonchev–Trinajstić information content (AvgIpc) is 2.44. The highest BCUT2D eigenvalue weighted by Crippen LogP contribution is 2.04. The topological polar surface area (TPSA) is 92.7 Å². The Balaban J connectivity index is 2.38. The molecule has 0 bridgehead atoms. The van der Waals surface area contributed by atoms with E-state index in [1.54, 1.807) is 12.1 Å². The lowest BCUT2D eigenvalue weighted by Gasteiger charge is -2.14. The van der Waals surface area contributed by atoms with Crippen LogP contribution >= 0.6 is 0 Å². The second-order valence-corrected chi connectivity index (χ2v) is 4.69. The molecule has 2 N–H and O–H groups in total. The lowest BCUT2D eigenvalue weighted by Crippen LogP contribution is -2.41. The summed E-state index contributed by atoms with van der Waals surface area (Å²) in [4.78, 5) is 33.4. The van der Waals surface area contributed by atoms with E-state index in [0.717, 1.165) is 5.56 Å². The third-order valence-corrected chi connectivity index (χ3v) is 2.82. The predicted molar refractivity (Wildman–Crippen MR) is 75.7 cm³/mol. The van der Waals surface area contributed by atoms with Gasteiger partial charge in [-0.3, -0.25) is 0 Å². The Morgan fingerprint density at radius 1 is 1.24 bits per heavy atom. The van der Waals surface area contributed by atoms with Gasteiger partial charge in [-0.2, -0.15) is 0 Å². The number of carbonyl (C=O) groups is 3. The molecule has 0 aromatic heterocycles. The third kappa shape index (κ3) is 7.10. The summed E-state index contributed by atoms with van der Waals surface area (Å²) in [6.07, 6.45) is 0.111. The standard InChI is InChI=1S/C15H19NO5/c1-11(17)6-5-9-13(14(18)19)16-15(20)21-10-12-7-3-2-4-8-12/h2-4,7-8,13H,5-6,9-10H2,1H3,(H,16,20)(H,18,19). The minimum atomic E-state index is -1.14. The molecule has 0 spiro atoms. The number of alkyl carbamates (subject to hydrolysis) is 1. The van der Waals surface area contributed by atoms with Gasteiger partial charge in [0.1, 0.15) is 18.4 Å². The molecule has 1 aromatic rings. The maximum Gasteiger partial charge on any atom is 0.408 e. The van der Waals surface area contributed by atoms with Crippen molar-refractivity contribution in [3.63, 3.8) is 0 Å². The Hall–Kier alpha value is -2.37. The van der Waals surface area contributed by atoms with Crippen LogP contribution in [0.2, 0.25) is 0 Å². The van der Waals surface area contributed by atoms with Crippen LogP contribution in [0.3, 0.4) is 0 Å². The number of ether oxygens (including phenoxy) is 1. The van der Waals surface area contributed by atoms with Crippen LogP contribution in [0.4, 0.5) is 4.79 Å². The lowest BCUT2D eigenvalue weighted by molar-refractivity contribution is -0.139. The molecule has 1 unspecified atom stereocenters. The van der Waals surface area contributed by atoms with E-state index in [4.69, 9.17) is 9.84 Å². The molecule has 6 nitrogen and oxygen atoms in total. The van der Waals surface area contributed by atoms with Gasteiger partial charge in [0.2, 0.25) is 0 Å². The van der Waals surface area contributed by atoms with Gasteiger partial charge in [0.15, 0.2) is 0 Å². The number of nitrogens with one attached hydrogen (secondary N) is 1. The third-order valence-electron chi connectivity index (χ3n) is 2.82. The van der Waals surface area contributed by atoms with Crippen molar-refractivity contribution in [2.75, 3.05) is 0 Å². The van der Waals surface area contributed by atoms with Crippen LogP contribution in [-0.4, -0.2) is 29.0 Å². The maximum atomic E-state index is 11.6. The molecule has 114 valence electrons. The number of aliphatic carboxylic acids is 1. The van der Waals surface area contributed by atoms with E-state index < -0.39 is 18.1 Å². The molecule has 0 aliphatic carbocycles. The number of carbonyl (C=O) groups excluding carboxylic acids is 2. The molecular formula is C15H19NO5. The summed E-state index contributed by atoms with van der Waals surface area (Å²) in [6.45, 7) is 1.52. The molecular weight excluding hydrogens is 274 g/mol. The zero-order valence-electron chi connectivity index (χ0n) is 11.9. The molecule has 1 rings (SSSR count). The molecule has 0 saturated carbocycles. The zero-order chi connectivity index (χ0) is 15.7. The smallest absolute Gasteiger partial charge is 0.408 e. The Morgan fingerprint density at radius 3 is 2.48 bits per heavy atom. The largest absolute Gasteiger partial charge is 0.480 e. The number of ketones is 1. The second kappa shape index (κ2) is 8.73. The highest BCUT2D eigenvalue weighted by Gasteiger charge is 2.20. The van der Waals surface area contributed by atoms with Crippen molar-refractivity contribution in [2.24, 2.45) is 0 Å². The summed E-state index contributed by atoms with van der Waals surface area (Å²) >= 11 is 0. The average molecular weight is 293 g/mol. The van der Waals surface area contributed by atoms with E-state index in [-0.39, 0.29) is 18.8 Å². The van der Waals surface area contributed by atoms with Crippen molar-refractivity contribution in [2.45, 2.75) is 38.8 Å². The van der Waals surface area contributed by atoms with Gasteiger partial charge in [0, 0.05) is 6.42 Å². The normalized spacial score (nSPS) is 11.5. The Bertz CT molecular complexity index is 486. The van der Waals surface area contributed by atoms with Gasteiger partial charge in [0.25, 0.3) is 0 Å². The number of rotatable bonds is 8. The van der Waals surface area contributed by atoms with E-state index in [1.807, 2.05) is 18.2 Å². The molecule has 0 aliphatic rings. The van der Waals surface area contributed by atoms with E-state index in [9.17, 15) is 14.4 Å². The van der Waals surface area contributed by atoms with Gasteiger partial charge in [-0.05, 0) is 25.3 Å². The van der Waals surface area contributed by atoms with E-state index >= 15 is 0 Å². The quantitative estimate of drug-likeness (QED) is 0.766. The van der Waals surface area contributed by atoms with Crippen LogP contribution < -0.4 is 5.32 Å². The van der Waals surface area contributed by atoms with Crippen molar-refractivity contribution in [1.29, 1.82) is 0 Å². The first-order valence-electron chi connectivity index (χ1n) is 6.68. The fourth-order valence-corrected chi connectivity index (χ4v) is 1.72.